The number of halogens is 1. The summed E-state index contributed by atoms with van der Waals surface area (Å²) in [5.74, 6) is -0.0757. The molecule has 0 aliphatic rings. The topological polar surface area (TPSA) is 30.2 Å². The lowest BCUT2D eigenvalue weighted by atomic mass is 10.1. The SMILES string of the molecule is O=C(Cc1ccc(F)cc1)c1cc2ccccc2o1. The van der Waals surface area contributed by atoms with Crippen molar-refractivity contribution < 1.29 is 13.6 Å². The van der Waals surface area contributed by atoms with Crippen LogP contribution in [0.15, 0.2) is 59.0 Å². The van der Waals surface area contributed by atoms with E-state index in [1.165, 1.54) is 12.1 Å². The minimum Gasteiger partial charge on any atom is -0.453 e. The van der Waals surface area contributed by atoms with Crippen molar-refractivity contribution in [1.29, 1.82) is 0 Å². The van der Waals surface area contributed by atoms with Gasteiger partial charge in [-0.05, 0) is 29.8 Å². The fourth-order valence-electron chi connectivity index (χ4n) is 1.99. The van der Waals surface area contributed by atoms with Gasteiger partial charge in [0.05, 0.1) is 0 Å². The Labute approximate surface area is 109 Å². The van der Waals surface area contributed by atoms with Gasteiger partial charge in [0.15, 0.2) is 5.76 Å². The van der Waals surface area contributed by atoms with Gasteiger partial charge in [-0.15, -0.1) is 0 Å². The number of carbonyl (C=O) groups is 1. The Balaban J connectivity index is 1.85. The highest BCUT2D eigenvalue weighted by Gasteiger charge is 2.12. The minimum atomic E-state index is -0.306. The quantitative estimate of drug-likeness (QED) is 0.661. The smallest absolute Gasteiger partial charge is 0.202 e. The van der Waals surface area contributed by atoms with Gasteiger partial charge in [-0.3, -0.25) is 4.79 Å². The van der Waals surface area contributed by atoms with Crippen LogP contribution < -0.4 is 0 Å². The fourth-order valence-corrected chi connectivity index (χ4v) is 1.99. The number of hydrogen-bond donors (Lipinski definition) is 0. The van der Waals surface area contributed by atoms with Crippen molar-refractivity contribution in [3.63, 3.8) is 0 Å². The third-order valence-corrected chi connectivity index (χ3v) is 2.98. The second-order valence-electron chi connectivity index (χ2n) is 4.37. The van der Waals surface area contributed by atoms with Crippen LogP contribution in [0.2, 0.25) is 0 Å². The number of ketones is 1. The Morgan fingerprint density at radius 1 is 1.05 bits per heavy atom. The van der Waals surface area contributed by atoms with Crippen molar-refractivity contribution in [2.24, 2.45) is 0 Å². The van der Waals surface area contributed by atoms with Crippen LogP contribution in [0.4, 0.5) is 4.39 Å². The van der Waals surface area contributed by atoms with Crippen molar-refractivity contribution in [2.45, 2.75) is 6.42 Å². The van der Waals surface area contributed by atoms with Crippen molar-refractivity contribution in [2.75, 3.05) is 0 Å². The van der Waals surface area contributed by atoms with Gasteiger partial charge < -0.3 is 4.42 Å². The maximum Gasteiger partial charge on any atom is 0.202 e. The molecule has 0 N–H and O–H groups in total. The van der Waals surface area contributed by atoms with E-state index in [1.807, 2.05) is 24.3 Å². The molecule has 3 aromatic rings. The Morgan fingerprint density at radius 2 is 1.79 bits per heavy atom. The number of rotatable bonds is 3. The summed E-state index contributed by atoms with van der Waals surface area (Å²) in [6, 6.07) is 15.1. The number of Topliss-reactive ketones (excluding diaryl/α,β-unsaturated/α-hetero) is 1. The minimum absolute atomic E-state index is 0.109. The van der Waals surface area contributed by atoms with Crippen molar-refractivity contribution >= 4 is 16.8 Å². The van der Waals surface area contributed by atoms with Crippen molar-refractivity contribution in [3.8, 4) is 0 Å². The summed E-state index contributed by atoms with van der Waals surface area (Å²) in [5, 5.41) is 0.907. The Bertz CT molecular complexity index is 693. The van der Waals surface area contributed by atoms with Gasteiger partial charge in [0.25, 0.3) is 0 Å². The van der Waals surface area contributed by atoms with E-state index in [-0.39, 0.29) is 18.0 Å². The highest BCUT2D eigenvalue weighted by molar-refractivity contribution is 5.98. The molecule has 0 radical (unpaired) electrons. The van der Waals surface area contributed by atoms with E-state index in [9.17, 15) is 9.18 Å². The van der Waals surface area contributed by atoms with Crippen LogP contribution in [0.1, 0.15) is 16.1 Å². The molecule has 1 heterocycles. The summed E-state index contributed by atoms with van der Waals surface area (Å²) in [7, 11) is 0. The first-order valence-electron chi connectivity index (χ1n) is 5.98. The summed E-state index contributed by atoms with van der Waals surface area (Å²) in [6.07, 6.45) is 0.208. The van der Waals surface area contributed by atoms with Crippen molar-refractivity contribution in [3.05, 3.63) is 71.7 Å². The van der Waals surface area contributed by atoms with E-state index in [4.69, 9.17) is 4.42 Å². The Morgan fingerprint density at radius 3 is 2.53 bits per heavy atom. The zero-order valence-electron chi connectivity index (χ0n) is 10.1. The van der Waals surface area contributed by atoms with E-state index in [1.54, 1.807) is 18.2 Å². The second kappa shape index (κ2) is 4.69. The third kappa shape index (κ3) is 2.40. The predicted octanol–water partition coefficient (Wildman–Crippen LogP) is 4.00. The third-order valence-electron chi connectivity index (χ3n) is 2.98. The maximum atomic E-state index is 12.8. The van der Waals surface area contributed by atoms with E-state index in [0.717, 1.165) is 10.9 Å². The molecule has 0 atom stereocenters. The van der Waals surface area contributed by atoms with E-state index >= 15 is 0 Å². The number of para-hydroxylation sites is 1. The Hall–Kier alpha value is -2.42. The number of benzene rings is 2. The number of carbonyl (C=O) groups excluding carboxylic acids is 1. The number of hydrogen-bond acceptors (Lipinski definition) is 2. The molecule has 0 saturated carbocycles. The molecule has 94 valence electrons. The first-order chi connectivity index (χ1) is 9.22. The molecule has 0 aliphatic heterocycles. The lowest BCUT2D eigenvalue weighted by molar-refractivity contribution is 0.0968. The molecule has 0 saturated heterocycles. The highest BCUT2D eigenvalue weighted by Crippen LogP contribution is 2.20. The molecule has 2 aromatic carbocycles. The van der Waals surface area contributed by atoms with Crippen LogP contribution in [0.5, 0.6) is 0 Å². The van der Waals surface area contributed by atoms with Crippen LogP contribution in [0, 0.1) is 5.82 Å². The first-order valence-corrected chi connectivity index (χ1v) is 5.98. The molecule has 0 fully saturated rings. The lowest BCUT2D eigenvalue weighted by Crippen LogP contribution is -2.01. The van der Waals surface area contributed by atoms with E-state index in [2.05, 4.69) is 0 Å². The van der Waals surface area contributed by atoms with Gasteiger partial charge in [0.1, 0.15) is 11.4 Å². The monoisotopic (exact) mass is 254 g/mol. The number of furan rings is 1. The summed E-state index contributed by atoms with van der Waals surface area (Å²) >= 11 is 0. The van der Waals surface area contributed by atoms with Gasteiger partial charge in [-0.1, -0.05) is 30.3 Å². The largest absolute Gasteiger partial charge is 0.453 e. The molecule has 19 heavy (non-hydrogen) atoms. The Kier molecular flexibility index (Phi) is 2.88. The van der Waals surface area contributed by atoms with E-state index < -0.39 is 0 Å². The zero-order chi connectivity index (χ0) is 13.2. The highest BCUT2D eigenvalue weighted by atomic mass is 19.1. The summed E-state index contributed by atoms with van der Waals surface area (Å²) in [5.41, 5.74) is 1.47. The average molecular weight is 254 g/mol. The fraction of sp³-hybridized carbons (Fsp3) is 0.0625. The van der Waals surface area contributed by atoms with Crippen molar-refractivity contribution in [1.82, 2.24) is 0 Å². The molecule has 1 aromatic heterocycles. The van der Waals surface area contributed by atoms with Crippen LogP contribution in [0.25, 0.3) is 11.0 Å². The zero-order valence-corrected chi connectivity index (χ0v) is 10.1. The molecule has 3 heteroatoms. The molecule has 0 aliphatic carbocycles. The summed E-state index contributed by atoms with van der Waals surface area (Å²) in [4.78, 5) is 12.1. The first kappa shape index (κ1) is 11.7. The van der Waals surface area contributed by atoms with E-state index in [0.29, 0.717) is 11.3 Å². The predicted molar refractivity (Wildman–Crippen MR) is 70.6 cm³/mol. The summed E-state index contributed by atoms with van der Waals surface area (Å²) in [6.45, 7) is 0. The standard InChI is InChI=1S/C16H11FO2/c17-13-7-5-11(6-8-13)9-14(18)16-10-12-3-1-2-4-15(12)19-16/h1-8,10H,9H2. The molecular weight excluding hydrogens is 243 g/mol. The average Bonchev–Trinajstić information content (AvgIpc) is 2.85. The molecule has 0 amide bonds. The van der Waals surface area contributed by atoms with Gasteiger partial charge in [0, 0.05) is 11.8 Å². The molecular formula is C16H11FO2. The second-order valence-corrected chi connectivity index (χ2v) is 4.37. The van der Waals surface area contributed by atoms with Gasteiger partial charge in [-0.2, -0.15) is 0 Å². The van der Waals surface area contributed by atoms with Gasteiger partial charge >= 0.3 is 0 Å². The van der Waals surface area contributed by atoms with Crippen LogP contribution in [-0.4, -0.2) is 5.78 Å². The van der Waals surface area contributed by atoms with Crippen LogP contribution >= 0.6 is 0 Å². The van der Waals surface area contributed by atoms with Gasteiger partial charge in [0.2, 0.25) is 5.78 Å². The van der Waals surface area contributed by atoms with Gasteiger partial charge in [-0.25, -0.2) is 4.39 Å². The number of fused-ring (bicyclic) bond motifs is 1. The summed E-state index contributed by atoms with van der Waals surface area (Å²) < 4.78 is 18.3. The molecule has 0 spiro atoms. The molecule has 0 bridgehead atoms. The molecule has 0 unspecified atom stereocenters. The maximum absolute atomic E-state index is 12.8. The lowest BCUT2D eigenvalue weighted by Gasteiger charge is -1.98. The molecule has 3 rings (SSSR count). The molecule has 2 nitrogen and oxygen atoms in total. The van der Waals surface area contributed by atoms with Crippen LogP contribution in [-0.2, 0) is 6.42 Å². The van der Waals surface area contributed by atoms with Crippen LogP contribution in [0.3, 0.4) is 0 Å². The normalized spacial score (nSPS) is 10.8.